The van der Waals surface area contributed by atoms with Gasteiger partial charge in [-0.3, -0.25) is 4.79 Å². The molecule has 0 radical (unpaired) electrons. The van der Waals surface area contributed by atoms with Crippen molar-refractivity contribution < 1.29 is 19.0 Å². The Kier molecular flexibility index (Phi) is 5.34. The summed E-state index contributed by atoms with van der Waals surface area (Å²) < 4.78 is 16.6. The molecule has 0 bridgehead atoms. The number of nitrogens with one attached hydrogen (secondary N) is 1. The van der Waals surface area contributed by atoms with E-state index in [1.165, 1.54) is 0 Å². The second-order valence-electron chi connectivity index (χ2n) is 7.41. The second kappa shape index (κ2) is 8.59. The van der Waals surface area contributed by atoms with Gasteiger partial charge in [0.1, 0.15) is 5.75 Å². The molecule has 0 atom stereocenters. The third-order valence-corrected chi connectivity index (χ3v) is 5.29. The van der Waals surface area contributed by atoms with Gasteiger partial charge in [0.2, 0.25) is 6.79 Å². The maximum atomic E-state index is 12.8. The molecule has 1 amide bonds. The van der Waals surface area contributed by atoms with Gasteiger partial charge in [0.15, 0.2) is 11.5 Å². The average Bonchev–Trinajstić information content (AvgIpc) is 3.31. The van der Waals surface area contributed by atoms with Gasteiger partial charge in [0.05, 0.1) is 17.8 Å². The Labute approximate surface area is 185 Å². The van der Waals surface area contributed by atoms with Crippen LogP contribution in [0.4, 0.5) is 0 Å². The van der Waals surface area contributed by atoms with E-state index in [1.54, 1.807) is 6.07 Å². The molecule has 0 unspecified atom stereocenters. The molecule has 1 N–H and O–H groups in total. The van der Waals surface area contributed by atoms with Crippen molar-refractivity contribution in [3.05, 3.63) is 83.9 Å². The van der Waals surface area contributed by atoms with Gasteiger partial charge in [-0.05, 0) is 42.8 Å². The van der Waals surface area contributed by atoms with Crippen LogP contribution in [-0.2, 0) is 6.54 Å². The summed E-state index contributed by atoms with van der Waals surface area (Å²) in [7, 11) is 0. The van der Waals surface area contributed by atoms with Crippen LogP contribution in [-0.4, -0.2) is 24.3 Å². The Bertz CT molecular complexity index is 1290. The zero-order valence-corrected chi connectivity index (χ0v) is 17.6. The van der Waals surface area contributed by atoms with Crippen molar-refractivity contribution in [3.8, 4) is 28.5 Å². The maximum Gasteiger partial charge on any atom is 0.251 e. The lowest BCUT2D eigenvalue weighted by Gasteiger charge is -2.12. The van der Waals surface area contributed by atoms with Gasteiger partial charge >= 0.3 is 0 Å². The summed E-state index contributed by atoms with van der Waals surface area (Å²) >= 11 is 0. The highest BCUT2D eigenvalue weighted by molar-refractivity contribution is 5.99. The lowest BCUT2D eigenvalue weighted by molar-refractivity contribution is 0.0951. The zero-order chi connectivity index (χ0) is 21.9. The predicted molar refractivity (Wildman–Crippen MR) is 122 cm³/mol. The summed E-state index contributed by atoms with van der Waals surface area (Å²) in [6, 6.07) is 23.0. The lowest BCUT2D eigenvalue weighted by atomic mass is 10.1. The molecule has 0 saturated heterocycles. The molecule has 6 nitrogen and oxygen atoms in total. The Morgan fingerprint density at radius 2 is 1.84 bits per heavy atom. The molecule has 32 heavy (non-hydrogen) atoms. The lowest BCUT2D eigenvalue weighted by Crippen LogP contribution is -2.22. The van der Waals surface area contributed by atoms with Crippen LogP contribution in [0, 0.1) is 0 Å². The summed E-state index contributed by atoms with van der Waals surface area (Å²) in [6.45, 7) is 3.08. The Hall–Kier alpha value is -4.06. The normalized spacial score (nSPS) is 12.0. The van der Waals surface area contributed by atoms with Gasteiger partial charge in [0.25, 0.3) is 5.91 Å². The summed E-state index contributed by atoms with van der Waals surface area (Å²) in [5.41, 5.74) is 4.12. The van der Waals surface area contributed by atoms with E-state index < -0.39 is 0 Å². The molecule has 4 aromatic rings. The number of nitrogens with zero attached hydrogens (tertiary/aromatic N) is 1. The number of amides is 1. The molecule has 5 rings (SSSR count). The highest BCUT2D eigenvalue weighted by Gasteiger charge is 2.15. The van der Waals surface area contributed by atoms with Gasteiger partial charge in [-0.25, -0.2) is 4.98 Å². The molecule has 1 aliphatic rings. The Morgan fingerprint density at radius 1 is 1.00 bits per heavy atom. The third kappa shape index (κ3) is 3.95. The average molecular weight is 426 g/mol. The molecule has 1 aromatic heterocycles. The van der Waals surface area contributed by atoms with Crippen molar-refractivity contribution >= 4 is 16.8 Å². The quantitative estimate of drug-likeness (QED) is 0.472. The summed E-state index contributed by atoms with van der Waals surface area (Å²) in [5, 5.41) is 3.77. The highest BCUT2D eigenvalue weighted by atomic mass is 16.7. The van der Waals surface area contributed by atoms with Gasteiger partial charge < -0.3 is 19.5 Å². The number of ether oxygens (including phenoxy) is 3. The first kappa shape index (κ1) is 19.9. The summed E-state index contributed by atoms with van der Waals surface area (Å²) in [5.74, 6) is 1.96. The van der Waals surface area contributed by atoms with Gasteiger partial charge in [-0.2, -0.15) is 0 Å². The van der Waals surface area contributed by atoms with Crippen molar-refractivity contribution in [1.82, 2.24) is 10.3 Å². The number of benzene rings is 3. The SMILES string of the molecule is CCOc1cc(-c2ccccc2)nc2ccc(C(=O)NCc3ccc4c(c3)OCO4)cc12. The first-order chi connectivity index (χ1) is 15.7. The first-order valence-electron chi connectivity index (χ1n) is 10.5. The van der Waals surface area contributed by atoms with E-state index in [9.17, 15) is 4.79 Å². The van der Waals surface area contributed by atoms with Crippen LogP contribution >= 0.6 is 0 Å². The Balaban J connectivity index is 1.40. The minimum Gasteiger partial charge on any atom is -0.493 e. The standard InChI is InChI=1S/C26H22N2O4/c1-2-30-24-14-22(18-6-4-3-5-7-18)28-21-10-9-19(13-20(21)24)26(29)27-15-17-8-11-23-25(12-17)32-16-31-23/h3-14H,2,15-16H2,1H3,(H,27,29). The van der Waals surface area contributed by atoms with E-state index in [-0.39, 0.29) is 12.7 Å². The fourth-order valence-corrected chi connectivity index (χ4v) is 3.70. The molecule has 0 fully saturated rings. The van der Waals surface area contributed by atoms with Crippen LogP contribution in [0.5, 0.6) is 17.2 Å². The number of fused-ring (bicyclic) bond motifs is 2. The van der Waals surface area contributed by atoms with E-state index in [2.05, 4.69) is 5.32 Å². The van der Waals surface area contributed by atoms with Crippen LogP contribution in [0.1, 0.15) is 22.8 Å². The molecule has 0 saturated carbocycles. The largest absolute Gasteiger partial charge is 0.493 e. The molecule has 0 spiro atoms. The number of rotatable bonds is 6. The van der Waals surface area contributed by atoms with Crippen molar-refractivity contribution in [1.29, 1.82) is 0 Å². The molecule has 3 aromatic carbocycles. The van der Waals surface area contributed by atoms with E-state index in [0.29, 0.717) is 30.2 Å². The Morgan fingerprint density at radius 3 is 2.69 bits per heavy atom. The van der Waals surface area contributed by atoms with Crippen LogP contribution < -0.4 is 19.5 Å². The topological polar surface area (TPSA) is 69.7 Å². The maximum absolute atomic E-state index is 12.8. The number of aromatic nitrogens is 1. The van der Waals surface area contributed by atoms with Crippen molar-refractivity contribution in [3.63, 3.8) is 0 Å². The molecule has 0 aliphatic carbocycles. The molecule has 2 heterocycles. The minimum absolute atomic E-state index is 0.167. The molecular weight excluding hydrogens is 404 g/mol. The van der Waals surface area contributed by atoms with Crippen LogP contribution in [0.15, 0.2) is 72.8 Å². The third-order valence-electron chi connectivity index (χ3n) is 5.29. The number of carbonyl (C=O) groups is 1. The van der Waals surface area contributed by atoms with Gasteiger partial charge in [-0.15, -0.1) is 0 Å². The number of hydrogen-bond acceptors (Lipinski definition) is 5. The van der Waals surface area contributed by atoms with E-state index >= 15 is 0 Å². The van der Waals surface area contributed by atoms with Gasteiger partial charge in [0, 0.05) is 29.1 Å². The van der Waals surface area contributed by atoms with E-state index in [0.717, 1.165) is 33.5 Å². The number of pyridine rings is 1. The molecular formula is C26H22N2O4. The summed E-state index contributed by atoms with van der Waals surface area (Å²) in [6.07, 6.45) is 0. The highest BCUT2D eigenvalue weighted by Crippen LogP contribution is 2.33. The van der Waals surface area contributed by atoms with E-state index in [1.807, 2.05) is 73.7 Å². The fraction of sp³-hybridized carbons (Fsp3) is 0.154. The fourth-order valence-electron chi connectivity index (χ4n) is 3.70. The monoisotopic (exact) mass is 426 g/mol. The van der Waals surface area contributed by atoms with Crippen LogP contribution in [0.25, 0.3) is 22.2 Å². The molecule has 1 aliphatic heterocycles. The number of carbonyl (C=O) groups excluding carboxylic acids is 1. The van der Waals surface area contributed by atoms with Crippen LogP contribution in [0.2, 0.25) is 0 Å². The molecule has 6 heteroatoms. The smallest absolute Gasteiger partial charge is 0.251 e. The molecule has 160 valence electrons. The predicted octanol–water partition coefficient (Wildman–Crippen LogP) is 4.96. The minimum atomic E-state index is -0.167. The zero-order valence-electron chi connectivity index (χ0n) is 17.6. The van der Waals surface area contributed by atoms with Gasteiger partial charge in [-0.1, -0.05) is 36.4 Å². The van der Waals surface area contributed by atoms with Crippen LogP contribution in [0.3, 0.4) is 0 Å². The summed E-state index contributed by atoms with van der Waals surface area (Å²) in [4.78, 5) is 17.6. The van der Waals surface area contributed by atoms with E-state index in [4.69, 9.17) is 19.2 Å². The number of hydrogen-bond donors (Lipinski definition) is 1. The van der Waals surface area contributed by atoms with Crippen molar-refractivity contribution in [2.24, 2.45) is 0 Å². The van der Waals surface area contributed by atoms with Crippen molar-refractivity contribution in [2.75, 3.05) is 13.4 Å². The van der Waals surface area contributed by atoms with Crippen molar-refractivity contribution in [2.45, 2.75) is 13.5 Å². The second-order valence-corrected chi connectivity index (χ2v) is 7.41. The first-order valence-corrected chi connectivity index (χ1v) is 10.5.